The highest BCUT2D eigenvalue weighted by molar-refractivity contribution is 9.10. The van der Waals surface area contributed by atoms with Crippen LogP contribution in [0.5, 0.6) is 0 Å². The minimum Gasteiger partial charge on any atom is -0.255 e. The average Bonchev–Trinajstić information content (AvgIpc) is 2.69. The molecule has 168 valence electrons. The van der Waals surface area contributed by atoms with Crippen LogP contribution >= 0.6 is 15.9 Å². The van der Waals surface area contributed by atoms with Gasteiger partial charge in [0.25, 0.3) is 0 Å². The molecular weight excluding hydrogens is 488 g/mol. The van der Waals surface area contributed by atoms with Gasteiger partial charge in [0.2, 0.25) is 0 Å². The smallest absolute Gasteiger partial charge is 0.192 e. The van der Waals surface area contributed by atoms with Crippen molar-refractivity contribution in [3.8, 4) is 0 Å². The molecule has 0 aliphatic rings. The largest absolute Gasteiger partial charge is 0.255 e. The molecule has 3 heterocycles. The van der Waals surface area contributed by atoms with Gasteiger partial charge in [-0.3, -0.25) is 4.98 Å². The molecule has 0 saturated heterocycles. The van der Waals surface area contributed by atoms with E-state index in [1.54, 1.807) is 13.0 Å². The molecule has 0 unspecified atom stereocenters. The molecule has 0 fully saturated rings. The summed E-state index contributed by atoms with van der Waals surface area (Å²) >= 11 is 3.29. The van der Waals surface area contributed by atoms with Crippen LogP contribution in [0.4, 0.5) is 8.78 Å². The maximum atomic E-state index is 12.6. The van der Waals surface area contributed by atoms with Crippen LogP contribution in [-0.4, -0.2) is 29.6 Å². The number of sulfone groups is 1. The summed E-state index contributed by atoms with van der Waals surface area (Å²) in [5.41, 5.74) is 3.85. The van der Waals surface area contributed by atoms with Gasteiger partial charge in [-0.15, -0.1) is 0 Å². The van der Waals surface area contributed by atoms with Crippen LogP contribution in [0.1, 0.15) is 35.3 Å². The van der Waals surface area contributed by atoms with Gasteiger partial charge in [0.05, 0.1) is 11.4 Å². The summed E-state index contributed by atoms with van der Waals surface area (Å²) in [7, 11) is -3.32. The van der Waals surface area contributed by atoms with E-state index in [4.69, 9.17) is 0 Å². The lowest BCUT2D eigenvalue weighted by atomic mass is 10.2. The highest BCUT2D eigenvalue weighted by Crippen LogP contribution is 2.10. The SMILES string of the molecule is CCc1ccc(F)c(C)n1.Cc1ccc(Br)nc1C.Cc1nc(S(C)(=O)=O)ccc1F. The molecule has 31 heavy (non-hydrogen) atoms. The number of aryl methyl sites for hydroxylation is 5. The first-order chi connectivity index (χ1) is 14.3. The minimum absolute atomic E-state index is 0.0953. The van der Waals surface area contributed by atoms with Crippen LogP contribution in [0.15, 0.2) is 46.0 Å². The standard InChI is InChI=1S/C8H10FN.C7H8BrN.C7H8FNO2S/c1-3-7-4-5-8(9)6(2)10-7;1-5-3-4-7(8)9-6(5)2;1-5-6(8)3-4-7(9-5)12(2,10)11/h4-5H,3H2,1-2H3;3-4H,1-2H3;3-4H,1-2H3. The number of pyridine rings is 3. The number of nitrogens with zero attached hydrogens (tertiary/aromatic N) is 3. The van der Waals surface area contributed by atoms with Crippen molar-refractivity contribution < 1.29 is 17.2 Å². The summed E-state index contributed by atoms with van der Waals surface area (Å²) in [4.78, 5) is 11.8. The topological polar surface area (TPSA) is 72.8 Å². The highest BCUT2D eigenvalue weighted by Gasteiger charge is 2.10. The van der Waals surface area contributed by atoms with Crippen molar-refractivity contribution in [3.63, 3.8) is 0 Å². The second-order valence-corrected chi connectivity index (χ2v) is 9.52. The fourth-order valence-corrected chi connectivity index (χ4v) is 3.14. The van der Waals surface area contributed by atoms with Crippen molar-refractivity contribution in [2.45, 2.75) is 46.1 Å². The van der Waals surface area contributed by atoms with E-state index in [2.05, 4.69) is 37.8 Å². The van der Waals surface area contributed by atoms with Gasteiger partial charge >= 0.3 is 0 Å². The summed E-state index contributed by atoms with van der Waals surface area (Å²) in [5.74, 6) is -0.723. The van der Waals surface area contributed by atoms with Crippen molar-refractivity contribution in [2.24, 2.45) is 0 Å². The normalized spacial score (nSPS) is 10.5. The molecule has 0 atom stereocenters. The lowest BCUT2D eigenvalue weighted by Gasteiger charge is -1.98. The Labute approximate surface area is 191 Å². The first kappa shape index (κ1) is 26.8. The maximum absolute atomic E-state index is 12.6. The summed E-state index contributed by atoms with van der Waals surface area (Å²) in [6.07, 6.45) is 1.90. The van der Waals surface area contributed by atoms with E-state index in [9.17, 15) is 17.2 Å². The van der Waals surface area contributed by atoms with E-state index < -0.39 is 15.7 Å². The Morgan fingerprint density at radius 1 is 0.806 bits per heavy atom. The molecule has 0 N–H and O–H groups in total. The van der Waals surface area contributed by atoms with Gasteiger partial charge in [0, 0.05) is 17.6 Å². The second-order valence-electron chi connectivity index (χ2n) is 6.75. The Morgan fingerprint density at radius 3 is 1.77 bits per heavy atom. The zero-order valence-electron chi connectivity index (χ0n) is 18.4. The Balaban J connectivity index is 0.000000235. The Kier molecular flexibility index (Phi) is 10.3. The third-order valence-corrected chi connectivity index (χ3v) is 5.56. The van der Waals surface area contributed by atoms with E-state index in [1.807, 2.05) is 26.0 Å². The van der Waals surface area contributed by atoms with Crippen LogP contribution in [0.3, 0.4) is 0 Å². The summed E-state index contributed by atoms with van der Waals surface area (Å²) < 4.78 is 47.9. The Hall–Kier alpha value is -2.26. The summed E-state index contributed by atoms with van der Waals surface area (Å²) in [5, 5.41) is -0.0959. The van der Waals surface area contributed by atoms with Crippen LogP contribution in [0.25, 0.3) is 0 Å². The van der Waals surface area contributed by atoms with Gasteiger partial charge < -0.3 is 0 Å². The molecule has 0 aromatic carbocycles. The zero-order chi connectivity index (χ0) is 23.8. The van der Waals surface area contributed by atoms with E-state index in [1.165, 1.54) is 18.6 Å². The Bertz CT molecular complexity index is 1140. The molecule has 0 amide bonds. The quantitative estimate of drug-likeness (QED) is 0.424. The van der Waals surface area contributed by atoms with Crippen LogP contribution < -0.4 is 0 Å². The van der Waals surface area contributed by atoms with Crippen molar-refractivity contribution in [3.05, 3.63) is 81.0 Å². The van der Waals surface area contributed by atoms with Gasteiger partial charge in [0.1, 0.15) is 16.2 Å². The molecule has 0 saturated carbocycles. The molecule has 0 bridgehead atoms. The maximum Gasteiger partial charge on any atom is 0.192 e. The molecule has 3 aromatic heterocycles. The van der Waals surface area contributed by atoms with Crippen LogP contribution in [0, 0.1) is 39.3 Å². The van der Waals surface area contributed by atoms with Gasteiger partial charge in [-0.1, -0.05) is 13.0 Å². The number of hydrogen-bond acceptors (Lipinski definition) is 5. The first-order valence-corrected chi connectivity index (χ1v) is 12.1. The van der Waals surface area contributed by atoms with E-state index in [0.717, 1.165) is 40.8 Å². The van der Waals surface area contributed by atoms with Crippen molar-refractivity contribution in [1.82, 2.24) is 15.0 Å². The number of halogens is 3. The van der Waals surface area contributed by atoms with Gasteiger partial charge in [0.15, 0.2) is 14.9 Å². The molecule has 3 aromatic rings. The van der Waals surface area contributed by atoms with E-state index >= 15 is 0 Å². The lowest BCUT2D eigenvalue weighted by Crippen LogP contribution is -2.02. The molecule has 3 rings (SSSR count). The van der Waals surface area contributed by atoms with Gasteiger partial charge in [-0.25, -0.2) is 27.2 Å². The zero-order valence-corrected chi connectivity index (χ0v) is 20.8. The third kappa shape index (κ3) is 9.18. The molecular formula is C22H26BrF2N3O2S. The van der Waals surface area contributed by atoms with Gasteiger partial charge in [-0.2, -0.15) is 0 Å². The molecule has 0 aliphatic carbocycles. The van der Waals surface area contributed by atoms with Gasteiger partial charge in [-0.05, 0) is 85.9 Å². The average molecular weight is 514 g/mol. The predicted molar refractivity (Wildman–Crippen MR) is 122 cm³/mol. The summed E-state index contributed by atoms with van der Waals surface area (Å²) in [6, 6.07) is 9.41. The lowest BCUT2D eigenvalue weighted by molar-refractivity contribution is 0.588. The minimum atomic E-state index is -3.32. The fourth-order valence-electron chi connectivity index (χ4n) is 2.12. The molecule has 0 radical (unpaired) electrons. The van der Waals surface area contributed by atoms with Crippen LogP contribution in [-0.2, 0) is 16.3 Å². The highest BCUT2D eigenvalue weighted by atomic mass is 79.9. The molecule has 5 nitrogen and oxygen atoms in total. The Morgan fingerprint density at radius 2 is 1.35 bits per heavy atom. The monoisotopic (exact) mass is 513 g/mol. The van der Waals surface area contributed by atoms with E-state index in [-0.39, 0.29) is 16.5 Å². The molecule has 9 heteroatoms. The number of aromatic nitrogens is 3. The van der Waals surface area contributed by atoms with Crippen molar-refractivity contribution in [2.75, 3.05) is 6.26 Å². The van der Waals surface area contributed by atoms with Crippen molar-refractivity contribution >= 4 is 25.8 Å². The second kappa shape index (κ2) is 12.0. The van der Waals surface area contributed by atoms with E-state index in [0.29, 0.717) is 5.69 Å². The molecule has 0 spiro atoms. The first-order valence-electron chi connectivity index (χ1n) is 9.40. The third-order valence-electron chi connectivity index (χ3n) is 4.13. The molecule has 0 aliphatic heterocycles. The number of rotatable bonds is 2. The number of hydrogen-bond donors (Lipinski definition) is 0. The van der Waals surface area contributed by atoms with Crippen LogP contribution in [0.2, 0.25) is 0 Å². The summed E-state index contributed by atoms with van der Waals surface area (Å²) in [6.45, 7) is 9.15. The fraction of sp³-hybridized carbons (Fsp3) is 0.318. The van der Waals surface area contributed by atoms with Crippen molar-refractivity contribution in [1.29, 1.82) is 0 Å². The predicted octanol–water partition coefficient (Wildman–Crippen LogP) is 5.49.